The first-order chi connectivity index (χ1) is 13.6. The highest BCUT2D eigenvalue weighted by molar-refractivity contribution is 9.11. The zero-order valence-corrected chi connectivity index (χ0v) is 19.1. The number of halogens is 1. The first kappa shape index (κ1) is 23.6. The van der Waals surface area contributed by atoms with Crippen LogP contribution in [0.1, 0.15) is 40.0 Å². The SMILES string of the molecule is COC(=O)C1CCCN(C(=O)C(CN2CCC=C(Br)C2)NC(=O)OC(C)(C)C)N1. The predicted molar refractivity (Wildman–Crippen MR) is 111 cm³/mol. The fraction of sp³-hybridized carbons (Fsp3) is 0.737. The summed E-state index contributed by atoms with van der Waals surface area (Å²) in [4.78, 5) is 39.5. The number of amides is 2. The molecule has 0 aromatic rings. The van der Waals surface area contributed by atoms with E-state index in [0.717, 1.165) is 17.4 Å². The fourth-order valence-electron chi connectivity index (χ4n) is 3.26. The van der Waals surface area contributed by atoms with Gasteiger partial charge in [-0.1, -0.05) is 22.0 Å². The summed E-state index contributed by atoms with van der Waals surface area (Å²) < 4.78 is 11.2. The molecule has 2 unspecified atom stereocenters. The minimum atomic E-state index is -0.813. The molecule has 2 amide bonds. The van der Waals surface area contributed by atoms with Crippen molar-refractivity contribution in [2.75, 3.05) is 33.3 Å². The molecule has 0 bridgehead atoms. The number of nitrogens with zero attached hydrogens (tertiary/aromatic N) is 2. The van der Waals surface area contributed by atoms with Crippen molar-refractivity contribution in [2.45, 2.75) is 57.7 Å². The van der Waals surface area contributed by atoms with E-state index >= 15 is 0 Å². The van der Waals surface area contributed by atoms with Crippen molar-refractivity contribution in [3.05, 3.63) is 10.6 Å². The molecule has 10 heteroatoms. The van der Waals surface area contributed by atoms with Gasteiger partial charge in [-0.2, -0.15) is 0 Å². The molecule has 2 heterocycles. The number of methoxy groups -OCH3 is 1. The first-order valence-electron chi connectivity index (χ1n) is 9.81. The van der Waals surface area contributed by atoms with Crippen molar-refractivity contribution >= 4 is 33.9 Å². The zero-order chi connectivity index (χ0) is 21.6. The van der Waals surface area contributed by atoms with Gasteiger partial charge in [0.25, 0.3) is 5.91 Å². The Hall–Kier alpha value is -1.65. The number of hydrogen-bond donors (Lipinski definition) is 2. The third kappa shape index (κ3) is 7.60. The zero-order valence-electron chi connectivity index (χ0n) is 17.5. The highest BCUT2D eigenvalue weighted by atomic mass is 79.9. The van der Waals surface area contributed by atoms with E-state index in [1.165, 1.54) is 12.1 Å². The van der Waals surface area contributed by atoms with Gasteiger partial charge < -0.3 is 14.8 Å². The highest BCUT2D eigenvalue weighted by Crippen LogP contribution is 2.16. The number of esters is 1. The Morgan fingerprint density at radius 2 is 2.07 bits per heavy atom. The Balaban J connectivity index is 2.09. The van der Waals surface area contributed by atoms with Crippen LogP contribution in [0.5, 0.6) is 0 Å². The molecule has 2 rings (SSSR count). The van der Waals surface area contributed by atoms with Crippen LogP contribution in [-0.2, 0) is 19.1 Å². The average molecular weight is 475 g/mol. The number of nitrogens with one attached hydrogen (secondary N) is 2. The van der Waals surface area contributed by atoms with Gasteiger partial charge in [0.05, 0.1) is 7.11 Å². The summed E-state index contributed by atoms with van der Waals surface area (Å²) in [7, 11) is 1.32. The number of ether oxygens (including phenoxy) is 2. The summed E-state index contributed by atoms with van der Waals surface area (Å²) in [5, 5.41) is 4.11. The molecule has 0 spiro atoms. The topological polar surface area (TPSA) is 100 Å². The van der Waals surface area contributed by atoms with Gasteiger partial charge in [0.15, 0.2) is 0 Å². The van der Waals surface area contributed by atoms with E-state index in [4.69, 9.17) is 9.47 Å². The number of alkyl carbamates (subject to hydrolysis) is 1. The molecule has 0 saturated carbocycles. The summed E-state index contributed by atoms with van der Waals surface area (Å²) in [5.74, 6) is -0.723. The van der Waals surface area contributed by atoms with Crippen LogP contribution < -0.4 is 10.7 Å². The van der Waals surface area contributed by atoms with E-state index < -0.39 is 29.7 Å². The van der Waals surface area contributed by atoms with Crippen LogP contribution in [0.15, 0.2) is 10.6 Å². The van der Waals surface area contributed by atoms with Gasteiger partial charge in [0.1, 0.15) is 17.7 Å². The summed E-state index contributed by atoms with van der Waals surface area (Å²) >= 11 is 3.50. The fourth-order valence-corrected chi connectivity index (χ4v) is 3.84. The molecule has 2 N–H and O–H groups in total. The maximum absolute atomic E-state index is 13.2. The maximum atomic E-state index is 13.2. The minimum absolute atomic E-state index is 0.310. The van der Waals surface area contributed by atoms with E-state index in [1.54, 1.807) is 20.8 Å². The van der Waals surface area contributed by atoms with Gasteiger partial charge >= 0.3 is 12.1 Å². The van der Waals surface area contributed by atoms with Crippen LogP contribution >= 0.6 is 15.9 Å². The van der Waals surface area contributed by atoms with Crippen LogP contribution in [0.3, 0.4) is 0 Å². The molecule has 9 nitrogen and oxygen atoms in total. The number of rotatable bonds is 5. The lowest BCUT2D eigenvalue weighted by Gasteiger charge is -2.36. The number of hydrazine groups is 1. The molecule has 0 aromatic heterocycles. The van der Waals surface area contributed by atoms with E-state index in [1.807, 2.05) is 0 Å². The quantitative estimate of drug-likeness (QED) is 0.582. The Bertz CT molecular complexity index is 649. The number of hydrogen-bond acceptors (Lipinski definition) is 7. The lowest BCUT2D eigenvalue weighted by molar-refractivity contribution is -0.150. The highest BCUT2D eigenvalue weighted by Gasteiger charge is 2.34. The van der Waals surface area contributed by atoms with Gasteiger partial charge in [-0.15, -0.1) is 0 Å². The van der Waals surface area contributed by atoms with Crippen molar-refractivity contribution < 1.29 is 23.9 Å². The Morgan fingerprint density at radius 1 is 1.34 bits per heavy atom. The van der Waals surface area contributed by atoms with Crippen LogP contribution in [0.4, 0.5) is 4.79 Å². The summed E-state index contributed by atoms with van der Waals surface area (Å²) in [6.07, 6.45) is 3.56. The summed E-state index contributed by atoms with van der Waals surface area (Å²) in [5.41, 5.74) is 2.26. The lowest BCUT2D eigenvalue weighted by Crippen LogP contribution is -2.62. The van der Waals surface area contributed by atoms with Crippen molar-refractivity contribution in [3.8, 4) is 0 Å². The van der Waals surface area contributed by atoms with Crippen molar-refractivity contribution in [1.29, 1.82) is 0 Å². The van der Waals surface area contributed by atoms with E-state index in [2.05, 4.69) is 37.6 Å². The third-order valence-corrected chi connectivity index (χ3v) is 5.13. The number of carbonyl (C=O) groups is 3. The van der Waals surface area contributed by atoms with Crippen LogP contribution in [0.25, 0.3) is 0 Å². The maximum Gasteiger partial charge on any atom is 0.408 e. The second-order valence-electron chi connectivity index (χ2n) is 8.21. The molecular weight excluding hydrogens is 444 g/mol. The van der Waals surface area contributed by atoms with Crippen molar-refractivity contribution in [2.24, 2.45) is 0 Å². The average Bonchev–Trinajstić information content (AvgIpc) is 2.65. The molecule has 0 aliphatic carbocycles. The van der Waals surface area contributed by atoms with Gasteiger partial charge in [0.2, 0.25) is 0 Å². The molecule has 164 valence electrons. The van der Waals surface area contributed by atoms with E-state index in [-0.39, 0.29) is 5.91 Å². The minimum Gasteiger partial charge on any atom is -0.468 e. The van der Waals surface area contributed by atoms with Crippen molar-refractivity contribution in [1.82, 2.24) is 20.7 Å². The van der Waals surface area contributed by atoms with Gasteiger partial charge in [-0.05, 0) is 40.0 Å². The number of carbonyl (C=O) groups excluding carboxylic acids is 3. The molecule has 1 saturated heterocycles. The Morgan fingerprint density at radius 3 is 2.69 bits per heavy atom. The van der Waals surface area contributed by atoms with Crippen LogP contribution in [-0.4, -0.2) is 78.9 Å². The second-order valence-corrected chi connectivity index (χ2v) is 9.23. The standard InChI is InChI=1S/C19H31BrN4O5/c1-19(2,3)29-18(27)21-15(12-23-9-5-7-13(20)11-23)16(25)24-10-6-8-14(22-24)17(26)28-4/h7,14-15,22H,5-6,8-12H2,1-4H3,(H,21,27). The summed E-state index contributed by atoms with van der Waals surface area (Å²) in [6.45, 7) is 7.53. The normalized spacial score (nSPS) is 21.8. The van der Waals surface area contributed by atoms with Crippen molar-refractivity contribution in [3.63, 3.8) is 0 Å². The van der Waals surface area contributed by atoms with Gasteiger partial charge in [-0.3, -0.25) is 19.5 Å². The van der Waals surface area contributed by atoms with Gasteiger partial charge in [0, 0.05) is 30.7 Å². The first-order valence-corrected chi connectivity index (χ1v) is 10.6. The Labute approximate surface area is 180 Å². The smallest absolute Gasteiger partial charge is 0.408 e. The van der Waals surface area contributed by atoms with Gasteiger partial charge in [-0.25, -0.2) is 10.2 Å². The molecule has 29 heavy (non-hydrogen) atoms. The molecule has 2 aliphatic rings. The molecule has 2 atom stereocenters. The lowest BCUT2D eigenvalue weighted by atomic mass is 10.1. The molecule has 0 aromatic carbocycles. The van der Waals surface area contributed by atoms with Crippen LogP contribution in [0.2, 0.25) is 0 Å². The molecule has 2 aliphatic heterocycles. The molecular formula is C19H31BrN4O5. The molecule has 1 fully saturated rings. The Kier molecular flexibility index (Phi) is 8.47. The van der Waals surface area contributed by atoms with E-state index in [9.17, 15) is 14.4 Å². The van der Waals surface area contributed by atoms with Crippen LogP contribution in [0, 0.1) is 0 Å². The third-order valence-electron chi connectivity index (χ3n) is 4.55. The monoisotopic (exact) mass is 474 g/mol. The summed E-state index contributed by atoms with van der Waals surface area (Å²) in [6, 6.07) is -1.39. The second kappa shape index (κ2) is 10.4. The van der Waals surface area contributed by atoms with E-state index in [0.29, 0.717) is 32.5 Å². The molecule has 0 radical (unpaired) electrons. The predicted octanol–water partition coefficient (Wildman–Crippen LogP) is 1.53. The largest absolute Gasteiger partial charge is 0.468 e.